The van der Waals surface area contributed by atoms with Gasteiger partial charge in [-0.2, -0.15) is 10.5 Å². The maximum Gasteiger partial charge on any atom is 0.225 e. The van der Waals surface area contributed by atoms with Crippen molar-refractivity contribution in [3.63, 3.8) is 0 Å². The number of nitriles is 2. The fourth-order valence-corrected chi connectivity index (χ4v) is 2.59. The standard InChI is InChI=1S/C19H22N6O/c1-13-16(10-14-6-8-15(9-7-14)24(2)3)19(26,25(4)5)23-18(12-21)17(11-20)22-13/h6-10,23,26H,1-5H3. The highest BCUT2D eigenvalue weighted by Gasteiger charge is 2.39. The van der Waals surface area contributed by atoms with Crippen LogP contribution in [0.1, 0.15) is 12.5 Å². The quantitative estimate of drug-likeness (QED) is 0.805. The number of nitrogens with zero attached hydrogens (tertiary/aromatic N) is 5. The van der Waals surface area contributed by atoms with Crippen LogP contribution in [-0.4, -0.2) is 49.8 Å². The molecule has 1 aromatic carbocycles. The molecular weight excluding hydrogens is 328 g/mol. The minimum absolute atomic E-state index is 0.0587. The van der Waals surface area contributed by atoms with Gasteiger partial charge < -0.3 is 15.3 Å². The average Bonchev–Trinajstić information content (AvgIpc) is 2.71. The Hall–Kier alpha value is -3.13. The molecule has 0 fully saturated rings. The molecule has 0 amide bonds. The zero-order valence-electron chi connectivity index (χ0n) is 15.6. The zero-order chi connectivity index (χ0) is 19.5. The number of hydrogen-bond acceptors (Lipinski definition) is 7. The number of benzene rings is 1. The van der Waals surface area contributed by atoms with Gasteiger partial charge in [-0.15, -0.1) is 0 Å². The lowest BCUT2D eigenvalue weighted by atomic mass is 10.0. The first-order valence-electron chi connectivity index (χ1n) is 8.00. The van der Waals surface area contributed by atoms with Crippen molar-refractivity contribution in [2.45, 2.75) is 12.8 Å². The number of hydrogen-bond donors (Lipinski definition) is 2. The van der Waals surface area contributed by atoms with Crippen LogP contribution in [0.25, 0.3) is 6.08 Å². The molecule has 7 nitrogen and oxygen atoms in total. The molecule has 0 aliphatic carbocycles. The van der Waals surface area contributed by atoms with E-state index in [1.807, 2.05) is 55.4 Å². The number of aliphatic imine (C=N–C) groups is 1. The zero-order valence-corrected chi connectivity index (χ0v) is 15.6. The highest BCUT2D eigenvalue weighted by atomic mass is 16.3. The minimum atomic E-state index is -1.68. The predicted molar refractivity (Wildman–Crippen MR) is 102 cm³/mol. The third-order valence-corrected chi connectivity index (χ3v) is 4.17. The summed E-state index contributed by atoms with van der Waals surface area (Å²) in [5, 5.41) is 32.6. The van der Waals surface area contributed by atoms with Gasteiger partial charge in [0.1, 0.15) is 12.1 Å². The Labute approximate surface area is 153 Å². The molecule has 1 atom stereocenters. The van der Waals surface area contributed by atoms with Crippen LogP contribution < -0.4 is 10.2 Å². The monoisotopic (exact) mass is 350 g/mol. The molecular formula is C19H22N6O. The van der Waals surface area contributed by atoms with Gasteiger partial charge in [0.25, 0.3) is 0 Å². The second kappa shape index (κ2) is 7.40. The third kappa shape index (κ3) is 3.60. The van der Waals surface area contributed by atoms with Gasteiger partial charge in [-0.3, -0.25) is 4.90 Å². The first kappa shape index (κ1) is 19.2. The van der Waals surface area contributed by atoms with E-state index in [1.165, 1.54) is 4.90 Å². The Balaban J connectivity index is 2.61. The number of nitrogens with one attached hydrogen (secondary N) is 1. The van der Waals surface area contributed by atoms with Crippen molar-refractivity contribution in [3.05, 3.63) is 46.8 Å². The number of likely N-dealkylation sites (N-methyl/N-ethyl adjacent to an activating group) is 1. The van der Waals surface area contributed by atoms with Crippen molar-refractivity contribution < 1.29 is 5.11 Å². The van der Waals surface area contributed by atoms with Crippen molar-refractivity contribution >= 4 is 17.5 Å². The van der Waals surface area contributed by atoms with Crippen LogP contribution in [-0.2, 0) is 0 Å². The summed E-state index contributed by atoms with van der Waals surface area (Å²) >= 11 is 0. The molecule has 1 heterocycles. The van der Waals surface area contributed by atoms with Crippen LogP contribution in [0.3, 0.4) is 0 Å². The van der Waals surface area contributed by atoms with E-state index in [2.05, 4.69) is 10.3 Å². The van der Waals surface area contributed by atoms with Crippen molar-refractivity contribution in [2.24, 2.45) is 4.99 Å². The molecule has 0 saturated heterocycles. The largest absolute Gasteiger partial charge is 0.378 e. The molecule has 1 aliphatic heterocycles. The van der Waals surface area contributed by atoms with Crippen LogP contribution in [0.2, 0.25) is 0 Å². The predicted octanol–water partition coefficient (Wildman–Crippen LogP) is 1.67. The topological polar surface area (TPSA) is 98.7 Å². The van der Waals surface area contributed by atoms with Gasteiger partial charge in [0.15, 0.2) is 11.4 Å². The Bertz CT molecular complexity index is 865. The Morgan fingerprint density at radius 3 is 2.19 bits per heavy atom. The van der Waals surface area contributed by atoms with Crippen molar-refractivity contribution in [2.75, 3.05) is 33.1 Å². The fraction of sp³-hybridized carbons (Fsp3) is 0.316. The number of rotatable bonds is 3. The van der Waals surface area contributed by atoms with Crippen LogP contribution >= 0.6 is 0 Å². The normalized spacial score (nSPS) is 21.6. The van der Waals surface area contributed by atoms with Crippen molar-refractivity contribution in [1.82, 2.24) is 10.2 Å². The highest BCUT2D eigenvalue weighted by Crippen LogP contribution is 2.27. The molecule has 0 aromatic heterocycles. The van der Waals surface area contributed by atoms with Crippen LogP contribution in [0, 0.1) is 22.7 Å². The van der Waals surface area contributed by atoms with Gasteiger partial charge >= 0.3 is 0 Å². The lowest BCUT2D eigenvalue weighted by molar-refractivity contribution is -0.0625. The molecule has 1 aromatic rings. The molecule has 0 radical (unpaired) electrons. The smallest absolute Gasteiger partial charge is 0.225 e. The summed E-state index contributed by atoms with van der Waals surface area (Å²) in [4.78, 5) is 7.76. The van der Waals surface area contributed by atoms with E-state index in [9.17, 15) is 15.6 Å². The molecule has 0 bridgehead atoms. The number of allylic oxidation sites excluding steroid dienone is 2. The van der Waals surface area contributed by atoms with E-state index in [0.717, 1.165) is 11.3 Å². The van der Waals surface area contributed by atoms with Crippen LogP contribution in [0.15, 0.2) is 46.2 Å². The first-order valence-corrected chi connectivity index (χ1v) is 8.00. The molecule has 1 aliphatic rings. The van der Waals surface area contributed by atoms with E-state index >= 15 is 0 Å². The summed E-state index contributed by atoms with van der Waals surface area (Å²) in [6, 6.07) is 11.6. The summed E-state index contributed by atoms with van der Waals surface area (Å²) < 4.78 is 0. The summed E-state index contributed by atoms with van der Waals surface area (Å²) in [6.45, 7) is 1.70. The van der Waals surface area contributed by atoms with Crippen LogP contribution in [0.5, 0.6) is 0 Å². The van der Waals surface area contributed by atoms with Gasteiger partial charge in [0.2, 0.25) is 5.85 Å². The summed E-state index contributed by atoms with van der Waals surface area (Å²) in [5.74, 6) is -1.68. The summed E-state index contributed by atoms with van der Waals surface area (Å²) in [6.07, 6.45) is 1.79. The maximum absolute atomic E-state index is 11.2. The van der Waals surface area contributed by atoms with E-state index in [-0.39, 0.29) is 11.4 Å². The Morgan fingerprint density at radius 1 is 1.12 bits per heavy atom. The minimum Gasteiger partial charge on any atom is -0.378 e. The first-order chi connectivity index (χ1) is 12.2. The van der Waals surface area contributed by atoms with Gasteiger partial charge in [-0.05, 0) is 44.8 Å². The molecule has 0 spiro atoms. The number of aliphatic hydroxyl groups is 1. The maximum atomic E-state index is 11.2. The second-order valence-corrected chi connectivity index (χ2v) is 6.38. The lowest BCUT2D eigenvalue weighted by Gasteiger charge is -2.36. The Kier molecular flexibility index (Phi) is 5.47. The molecule has 1 unspecified atom stereocenters. The second-order valence-electron chi connectivity index (χ2n) is 6.38. The fourth-order valence-electron chi connectivity index (χ4n) is 2.59. The van der Waals surface area contributed by atoms with E-state index in [0.29, 0.717) is 11.3 Å². The van der Waals surface area contributed by atoms with Gasteiger partial charge in [-0.1, -0.05) is 12.1 Å². The molecule has 0 saturated carbocycles. The third-order valence-electron chi connectivity index (χ3n) is 4.17. The molecule has 134 valence electrons. The van der Waals surface area contributed by atoms with E-state index < -0.39 is 5.85 Å². The lowest BCUT2D eigenvalue weighted by Crippen LogP contribution is -2.57. The Morgan fingerprint density at radius 2 is 1.73 bits per heavy atom. The molecule has 7 heteroatoms. The van der Waals surface area contributed by atoms with E-state index in [1.54, 1.807) is 27.1 Å². The highest BCUT2D eigenvalue weighted by molar-refractivity contribution is 6.05. The van der Waals surface area contributed by atoms with Gasteiger partial charge in [-0.25, -0.2) is 4.99 Å². The van der Waals surface area contributed by atoms with Gasteiger partial charge in [0, 0.05) is 31.1 Å². The van der Waals surface area contributed by atoms with Crippen molar-refractivity contribution in [1.29, 1.82) is 10.5 Å². The van der Waals surface area contributed by atoms with E-state index in [4.69, 9.17) is 0 Å². The summed E-state index contributed by atoms with van der Waals surface area (Å²) in [7, 11) is 7.27. The van der Waals surface area contributed by atoms with Gasteiger partial charge in [0.05, 0.1) is 0 Å². The average molecular weight is 350 g/mol. The summed E-state index contributed by atoms with van der Waals surface area (Å²) in [5.41, 5.74) is 2.69. The van der Waals surface area contributed by atoms with Crippen molar-refractivity contribution in [3.8, 4) is 12.1 Å². The number of anilines is 1. The molecule has 2 N–H and O–H groups in total. The SMILES string of the molecule is CC1=NC(C#N)=C(C#N)NC(O)(N(C)C)C1=Cc1ccc(N(C)C)cc1. The molecule has 26 heavy (non-hydrogen) atoms. The molecule has 2 rings (SSSR count). The van der Waals surface area contributed by atoms with Crippen LogP contribution in [0.4, 0.5) is 5.69 Å².